The third-order valence-corrected chi connectivity index (χ3v) is 3.92. The molecule has 100 valence electrons. The summed E-state index contributed by atoms with van der Waals surface area (Å²) >= 11 is 9.40. The van der Waals surface area contributed by atoms with Gasteiger partial charge in [0.15, 0.2) is 0 Å². The van der Waals surface area contributed by atoms with Crippen LogP contribution in [0.2, 0.25) is 5.02 Å². The molecule has 3 amide bonds. The largest absolute Gasteiger partial charge is 0.366 e. The molecule has 19 heavy (non-hydrogen) atoms. The maximum Gasteiger partial charge on any atom is 0.248 e. The molecule has 1 heterocycles. The van der Waals surface area contributed by atoms with Gasteiger partial charge < -0.3 is 5.73 Å². The number of rotatable bonds is 2. The topological polar surface area (TPSA) is 89.3 Å². The molecule has 0 bridgehead atoms. The Labute approximate surface area is 122 Å². The number of carbonyl (C=O) groups excluding carboxylic acids is 3. The van der Waals surface area contributed by atoms with Gasteiger partial charge in [0.25, 0.3) is 0 Å². The zero-order valence-corrected chi connectivity index (χ0v) is 12.0. The van der Waals surface area contributed by atoms with Crippen molar-refractivity contribution < 1.29 is 14.4 Å². The van der Waals surface area contributed by atoms with E-state index in [1.807, 2.05) is 0 Å². The van der Waals surface area contributed by atoms with E-state index >= 15 is 0 Å². The van der Waals surface area contributed by atoms with Crippen LogP contribution in [0, 0.1) is 0 Å². The summed E-state index contributed by atoms with van der Waals surface area (Å²) in [6, 6.07) is 2.95. The number of piperidine rings is 1. The van der Waals surface area contributed by atoms with E-state index in [0.29, 0.717) is 16.5 Å². The number of nitrogens with one attached hydrogen (secondary N) is 1. The zero-order chi connectivity index (χ0) is 14.2. The molecule has 1 fully saturated rings. The van der Waals surface area contributed by atoms with Crippen molar-refractivity contribution in [1.29, 1.82) is 0 Å². The quantitative estimate of drug-likeness (QED) is 0.800. The molecule has 0 aromatic heterocycles. The van der Waals surface area contributed by atoms with Crippen LogP contribution in [0.4, 0.5) is 0 Å². The molecule has 1 aromatic carbocycles. The highest BCUT2D eigenvalue weighted by Gasteiger charge is 2.31. The highest BCUT2D eigenvalue weighted by Crippen LogP contribution is 2.36. The molecule has 0 radical (unpaired) electrons. The molecule has 0 spiro atoms. The average Bonchev–Trinajstić information content (AvgIpc) is 2.30. The Balaban J connectivity index is 2.43. The van der Waals surface area contributed by atoms with Crippen LogP contribution >= 0.6 is 27.5 Å². The maximum absolute atomic E-state index is 11.8. The molecular weight excluding hydrogens is 336 g/mol. The second-order valence-corrected chi connectivity index (χ2v) is 5.48. The lowest BCUT2D eigenvalue weighted by molar-refractivity contribution is -0.134. The monoisotopic (exact) mass is 344 g/mol. The van der Waals surface area contributed by atoms with E-state index in [2.05, 4.69) is 21.2 Å². The molecule has 1 atom stereocenters. The van der Waals surface area contributed by atoms with Crippen molar-refractivity contribution in [3.63, 3.8) is 0 Å². The molecule has 3 N–H and O–H groups in total. The molecule has 0 saturated carbocycles. The highest BCUT2D eigenvalue weighted by atomic mass is 79.9. The summed E-state index contributed by atoms with van der Waals surface area (Å²) in [5.41, 5.74) is 6.01. The summed E-state index contributed by atoms with van der Waals surface area (Å²) in [5.74, 6) is -1.79. The predicted octanol–water partition coefficient (Wildman–Crippen LogP) is 1.72. The van der Waals surface area contributed by atoms with Gasteiger partial charge in [-0.3, -0.25) is 19.7 Å². The van der Waals surface area contributed by atoms with Crippen molar-refractivity contribution in [2.45, 2.75) is 18.8 Å². The van der Waals surface area contributed by atoms with Gasteiger partial charge in [-0.05, 0) is 24.1 Å². The van der Waals surface area contributed by atoms with Crippen LogP contribution in [0.25, 0.3) is 0 Å². The Kier molecular flexibility index (Phi) is 3.91. The fraction of sp³-hybridized carbons (Fsp3) is 0.250. The van der Waals surface area contributed by atoms with E-state index in [-0.39, 0.29) is 28.8 Å². The first-order valence-corrected chi connectivity index (χ1v) is 6.69. The summed E-state index contributed by atoms with van der Waals surface area (Å²) in [6.07, 6.45) is 0.648. The van der Waals surface area contributed by atoms with Gasteiger partial charge in [-0.15, -0.1) is 0 Å². The van der Waals surface area contributed by atoms with Crippen molar-refractivity contribution in [2.24, 2.45) is 5.73 Å². The van der Waals surface area contributed by atoms with E-state index in [0.717, 1.165) is 0 Å². The summed E-state index contributed by atoms with van der Waals surface area (Å²) in [5, 5.41) is 2.55. The molecule has 1 unspecified atom stereocenters. The SMILES string of the molecule is NC(=O)c1cc(Cl)c(C2CCC(=O)NC2=O)c(Br)c1. The first-order valence-electron chi connectivity index (χ1n) is 5.52. The molecule has 1 saturated heterocycles. The van der Waals surface area contributed by atoms with Gasteiger partial charge in [-0.25, -0.2) is 0 Å². The van der Waals surface area contributed by atoms with Gasteiger partial charge >= 0.3 is 0 Å². The summed E-state index contributed by atoms with van der Waals surface area (Å²) < 4.78 is 0.531. The van der Waals surface area contributed by atoms with Crippen molar-refractivity contribution in [3.8, 4) is 0 Å². The van der Waals surface area contributed by atoms with Crippen LogP contribution in [0.5, 0.6) is 0 Å². The maximum atomic E-state index is 11.8. The van der Waals surface area contributed by atoms with Crippen LogP contribution in [0.1, 0.15) is 34.7 Å². The van der Waals surface area contributed by atoms with Crippen LogP contribution in [-0.4, -0.2) is 17.7 Å². The summed E-state index contributed by atoms with van der Waals surface area (Å²) in [6.45, 7) is 0. The van der Waals surface area contributed by atoms with Crippen LogP contribution < -0.4 is 11.1 Å². The van der Waals surface area contributed by atoms with Crippen LogP contribution in [0.3, 0.4) is 0 Å². The molecular formula is C12H10BrClN2O3. The van der Waals surface area contributed by atoms with Gasteiger partial charge in [0.2, 0.25) is 17.7 Å². The molecule has 0 aliphatic carbocycles. The second-order valence-electron chi connectivity index (χ2n) is 4.22. The molecule has 1 aliphatic rings. The van der Waals surface area contributed by atoms with E-state index in [9.17, 15) is 14.4 Å². The number of benzene rings is 1. The van der Waals surface area contributed by atoms with Gasteiger partial charge in [0.1, 0.15) is 0 Å². The molecule has 5 nitrogen and oxygen atoms in total. The van der Waals surface area contributed by atoms with Crippen molar-refractivity contribution >= 4 is 45.3 Å². The first-order chi connectivity index (χ1) is 8.90. The Morgan fingerprint density at radius 1 is 1.42 bits per heavy atom. The lowest BCUT2D eigenvalue weighted by Gasteiger charge is -2.23. The Bertz CT molecular complexity index is 565. The average molecular weight is 346 g/mol. The lowest BCUT2D eigenvalue weighted by Crippen LogP contribution is -2.39. The number of hydrogen-bond donors (Lipinski definition) is 2. The van der Waals surface area contributed by atoms with Gasteiger partial charge in [-0.1, -0.05) is 27.5 Å². The Morgan fingerprint density at radius 2 is 2.11 bits per heavy atom. The zero-order valence-electron chi connectivity index (χ0n) is 9.70. The minimum atomic E-state index is -0.600. The van der Waals surface area contributed by atoms with Crippen molar-refractivity contribution in [3.05, 3.63) is 32.8 Å². The van der Waals surface area contributed by atoms with E-state index in [1.165, 1.54) is 12.1 Å². The fourth-order valence-electron chi connectivity index (χ4n) is 2.03. The number of hydrogen-bond acceptors (Lipinski definition) is 3. The molecule has 1 aromatic rings. The smallest absolute Gasteiger partial charge is 0.248 e. The highest BCUT2D eigenvalue weighted by molar-refractivity contribution is 9.10. The number of halogens is 2. The number of nitrogens with two attached hydrogens (primary N) is 1. The normalized spacial score (nSPS) is 19.2. The van der Waals surface area contributed by atoms with Gasteiger partial charge in [-0.2, -0.15) is 0 Å². The second kappa shape index (κ2) is 5.30. The van der Waals surface area contributed by atoms with E-state index in [4.69, 9.17) is 17.3 Å². The summed E-state index contributed by atoms with van der Waals surface area (Å²) in [7, 11) is 0. The number of primary amides is 1. The fourth-order valence-corrected chi connectivity index (χ4v) is 3.23. The molecule has 1 aliphatic heterocycles. The van der Waals surface area contributed by atoms with Crippen LogP contribution in [-0.2, 0) is 9.59 Å². The Morgan fingerprint density at radius 3 is 2.63 bits per heavy atom. The minimum Gasteiger partial charge on any atom is -0.366 e. The van der Waals surface area contributed by atoms with E-state index < -0.39 is 11.8 Å². The molecule has 7 heteroatoms. The third-order valence-electron chi connectivity index (χ3n) is 2.95. The van der Waals surface area contributed by atoms with Crippen molar-refractivity contribution in [2.75, 3.05) is 0 Å². The van der Waals surface area contributed by atoms with Gasteiger partial charge in [0, 0.05) is 21.5 Å². The molecule has 2 rings (SSSR count). The van der Waals surface area contributed by atoms with Gasteiger partial charge in [0.05, 0.1) is 5.92 Å². The van der Waals surface area contributed by atoms with Crippen LogP contribution in [0.15, 0.2) is 16.6 Å². The Hall–Kier alpha value is -1.40. The first kappa shape index (κ1) is 14.0. The van der Waals surface area contributed by atoms with Crippen molar-refractivity contribution in [1.82, 2.24) is 5.32 Å². The summed E-state index contributed by atoms with van der Waals surface area (Å²) in [4.78, 5) is 34.1. The number of amides is 3. The third kappa shape index (κ3) is 2.79. The number of imide groups is 1. The number of carbonyl (C=O) groups is 3. The lowest BCUT2D eigenvalue weighted by atomic mass is 9.90. The van der Waals surface area contributed by atoms with E-state index in [1.54, 1.807) is 0 Å². The minimum absolute atomic E-state index is 0.257. The predicted molar refractivity (Wildman–Crippen MR) is 72.8 cm³/mol. The standard InChI is InChI=1S/C12H10BrClN2O3/c13-7-3-5(11(15)18)4-8(14)10(7)6-1-2-9(17)16-12(6)19/h3-4,6H,1-2H2,(H2,15,18)(H,16,17,19).